The Labute approximate surface area is 113 Å². The van der Waals surface area contributed by atoms with Crippen LogP contribution >= 0.6 is 0 Å². The van der Waals surface area contributed by atoms with Crippen molar-refractivity contribution in [1.82, 2.24) is 14.3 Å². The van der Waals surface area contributed by atoms with E-state index in [1.165, 1.54) is 12.5 Å². The minimum Gasteiger partial charge on any atom is -0.389 e. The van der Waals surface area contributed by atoms with Gasteiger partial charge in [-0.05, 0) is 19.8 Å². The van der Waals surface area contributed by atoms with Crippen LogP contribution in [0.1, 0.15) is 39.0 Å². The summed E-state index contributed by atoms with van der Waals surface area (Å²) in [6.07, 6.45) is 7.29. The van der Waals surface area contributed by atoms with Crippen molar-refractivity contribution in [1.29, 1.82) is 0 Å². The van der Waals surface area contributed by atoms with Gasteiger partial charge in [-0.15, -0.1) is 0 Å². The second-order valence-corrected chi connectivity index (χ2v) is 6.87. The van der Waals surface area contributed by atoms with Crippen LogP contribution in [-0.4, -0.2) is 35.2 Å². The van der Waals surface area contributed by atoms with Crippen LogP contribution in [0.15, 0.2) is 17.6 Å². The molecule has 1 aromatic rings. The van der Waals surface area contributed by atoms with Gasteiger partial charge in [-0.2, -0.15) is 0 Å². The molecule has 0 spiro atoms. The third-order valence-electron chi connectivity index (χ3n) is 3.63. The fourth-order valence-corrected chi connectivity index (χ4v) is 3.41. The summed E-state index contributed by atoms with van der Waals surface area (Å²) in [6, 6.07) is 0. The highest BCUT2D eigenvalue weighted by atomic mass is 32.2. The molecule has 1 fully saturated rings. The molecule has 1 saturated carbocycles. The molecule has 0 aromatic carbocycles. The van der Waals surface area contributed by atoms with Crippen molar-refractivity contribution in [2.24, 2.45) is 0 Å². The molecule has 0 saturated heterocycles. The van der Waals surface area contributed by atoms with Crippen LogP contribution in [0.25, 0.3) is 0 Å². The summed E-state index contributed by atoms with van der Waals surface area (Å²) in [5.41, 5.74) is -0.904. The van der Waals surface area contributed by atoms with Gasteiger partial charge >= 0.3 is 0 Å². The predicted octanol–water partition coefficient (Wildman–Crippen LogP) is 0.876. The number of aliphatic hydroxyl groups is 1. The van der Waals surface area contributed by atoms with Crippen molar-refractivity contribution < 1.29 is 13.5 Å². The topological polar surface area (TPSA) is 84.2 Å². The maximum atomic E-state index is 12.0. The second kappa shape index (κ2) is 5.60. The van der Waals surface area contributed by atoms with Crippen molar-refractivity contribution in [2.45, 2.75) is 56.2 Å². The number of nitrogens with zero attached hydrogens (tertiary/aromatic N) is 2. The SMILES string of the molecule is CCn1cnc(S(=O)(=O)NCC2(O)CCCCC2)c1. The molecule has 1 aromatic heterocycles. The van der Waals surface area contributed by atoms with E-state index in [-0.39, 0.29) is 11.6 Å². The minimum atomic E-state index is -3.63. The molecule has 0 atom stereocenters. The lowest BCUT2D eigenvalue weighted by molar-refractivity contribution is 0.00944. The number of hydrogen-bond acceptors (Lipinski definition) is 4. The zero-order valence-corrected chi connectivity index (χ0v) is 12.0. The van der Waals surface area contributed by atoms with Crippen LogP contribution in [-0.2, 0) is 16.6 Å². The molecule has 2 N–H and O–H groups in total. The summed E-state index contributed by atoms with van der Waals surface area (Å²) in [5, 5.41) is 10.3. The van der Waals surface area contributed by atoms with Crippen LogP contribution in [0.4, 0.5) is 0 Å². The minimum absolute atomic E-state index is 0.00811. The summed E-state index contributed by atoms with van der Waals surface area (Å²) in [6.45, 7) is 2.65. The molecule has 108 valence electrons. The van der Waals surface area contributed by atoms with E-state index in [2.05, 4.69) is 9.71 Å². The molecule has 2 rings (SSSR count). The van der Waals surface area contributed by atoms with Crippen LogP contribution in [0.5, 0.6) is 0 Å². The Hall–Kier alpha value is -0.920. The summed E-state index contributed by atoms with van der Waals surface area (Å²) in [4.78, 5) is 3.88. The Morgan fingerprint density at radius 2 is 2.11 bits per heavy atom. The van der Waals surface area contributed by atoms with Gasteiger partial charge in [0.1, 0.15) is 0 Å². The highest BCUT2D eigenvalue weighted by Crippen LogP contribution is 2.27. The number of sulfonamides is 1. The van der Waals surface area contributed by atoms with Gasteiger partial charge in [0.15, 0.2) is 5.03 Å². The first-order valence-corrected chi connectivity index (χ1v) is 8.17. The van der Waals surface area contributed by atoms with E-state index >= 15 is 0 Å². The molecule has 0 bridgehead atoms. The molecule has 19 heavy (non-hydrogen) atoms. The summed E-state index contributed by atoms with van der Waals surface area (Å²) >= 11 is 0. The maximum absolute atomic E-state index is 12.0. The number of rotatable bonds is 5. The van der Waals surface area contributed by atoms with Crippen molar-refractivity contribution in [2.75, 3.05) is 6.54 Å². The second-order valence-electron chi connectivity index (χ2n) is 5.15. The highest BCUT2D eigenvalue weighted by molar-refractivity contribution is 7.89. The number of aryl methyl sites for hydroxylation is 1. The average Bonchev–Trinajstić information content (AvgIpc) is 2.87. The Bertz CT molecular complexity index is 518. The highest BCUT2D eigenvalue weighted by Gasteiger charge is 2.31. The largest absolute Gasteiger partial charge is 0.389 e. The van der Waals surface area contributed by atoms with Gasteiger partial charge in [-0.1, -0.05) is 19.3 Å². The fraction of sp³-hybridized carbons (Fsp3) is 0.750. The van der Waals surface area contributed by atoms with Crippen LogP contribution in [0.3, 0.4) is 0 Å². The molecule has 0 unspecified atom stereocenters. The van der Waals surface area contributed by atoms with Crippen molar-refractivity contribution >= 4 is 10.0 Å². The van der Waals surface area contributed by atoms with Crippen molar-refractivity contribution in [3.05, 3.63) is 12.5 Å². The predicted molar refractivity (Wildman–Crippen MR) is 71.1 cm³/mol. The van der Waals surface area contributed by atoms with E-state index < -0.39 is 15.6 Å². The first kappa shape index (κ1) is 14.5. The lowest BCUT2D eigenvalue weighted by atomic mass is 9.85. The molecule has 0 radical (unpaired) electrons. The van der Waals surface area contributed by atoms with Gasteiger partial charge in [0, 0.05) is 19.3 Å². The van der Waals surface area contributed by atoms with Crippen LogP contribution in [0.2, 0.25) is 0 Å². The normalized spacial score (nSPS) is 19.5. The monoisotopic (exact) mass is 287 g/mol. The third-order valence-corrected chi connectivity index (χ3v) is 4.91. The summed E-state index contributed by atoms with van der Waals surface area (Å²) in [5.74, 6) is 0. The Kier molecular flexibility index (Phi) is 4.27. The number of aromatic nitrogens is 2. The van der Waals surface area contributed by atoms with Crippen LogP contribution < -0.4 is 4.72 Å². The first-order valence-electron chi connectivity index (χ1n) is 6.69. The molecule has 7 heteroatoms. The molecule has 0 aliphatic heterocycles. The van der Waals surface area contributed by atoms with Gasteiger partial charge in [-0.25, -0.2) is 18.1 Å². The third kappa shape index (κ3) is 3.55. The Morgan fingerprint density at radius 1 is 1.42 bits per heavy atom. The zero-order valence-electron chi connectivity index (χ0n) is 11.2. The zero-order chi connectivity index (χ0) is 13.9. The van der Waals surface area contributed by atoms with Gasteiger partial charge in [0.25, 0.3) is 10.0 Å². The van der Waals surface area contributed by atoms with E-state index in [1.807, 2.05) is 6.92 Å². The molecule has 6 nitrogen and oxygen atoms in total. The van der Waals surface area contributed by atoms with Crippen molar-refractivity contribution in [3.63, 3.8) is 0 Å². The molecule has 1 heterocycles. The molecular formula is C12H21N3O3S. The number of hydrogen-bond donors (Lipinski definition) is 2. The van der Waals surface area contributed by atoms with Gasteiger partial charge in [0.05, 0.1) is 11.9 Å². The summed E-state index contributed by atoms with van der Waals surface area (Å²) < 4.78 is 28.3. The number of imidazole rings is 1. The molecular weight excluding hydrogens is 266 g/mol. The fourth-order valence-electron chi connectivity index (χ4n) is 2.34. The van der Waals surface area contributed by atoms with E-state index in [4.69, 9.17) is 0 Å². The first-order chi connectivity index (χ1) is 8.95. The lowest BCUT2D eigenvalue weighted by Crippen LogP contribution is -2.44. The smallest absolute Gasteiger partial charge is 0.259 e. The van der Waals surface area contributed by atoms with Gasteiger partial charge < -0.3 is 9.67 Å². The lowest BCUT2D eigenvalue weighted by Gasteiger charge is -2.31. The maximum Gasteiger partial charge on any atom is 0.259 e. The quantitative estimate of drug-likeness (QED) is 0.842. The Balaban J connectivity index is 2.01. The molecule has 0 amide bonds. The van der Waals surface area contributed by atoms with E-state index in [9.17, 15) is 13.5 Å². The standard InChI is InChI=1S/C12H21N3O3S/c1-2-15-8-11(13-10-15)19(17,18)14-9-12(16)6-4-3-5-7-12/h8,10,14,16H,2-7,9H2,1H3. The van der Waals surface area contributed by atoms with Gasteiger partial charge in [-0.3, -0.25) is 0 Å². The number of nitrogens with one attached hydrogen (secondary N) is 1. The molecule has 1 aliphatic rings. The van der Waals surface area contributed by atoms with E-state index in [0.717, 1.165) is 19.3 Å². The van der Waals surface area contributed by atoms with E-state index in [1.54, 1.807) is 4.57 Å². The molecule has 1 aliphatic carbocycles. The summed E-state index contributed by atoms with van der Waals surface area (Å²) in [7, 11) is -3.63. The average molecular weight is 287 g/mol. The van der Waals surface area contributed by atoms with Crippen molar-refractivity contribution in [3.8, 4) is 0 Å². The van der Waals surface area contributed by atoms with Gasteiger partial charge in [0.2, 0.25) is 0 Å². The van der Waals surface area contributed by atoms with Crippen LogP contribution in [0, 0.1) is 0 Å². The Morgan fingerprint density at radius 3 is 2.68 bits per heavy atom. The van der Waals surface area contributed by atoms with E-state index in [0.29, 0.717) is 19.4 Å².